The molecular formula is C13H7BrF4N2O2. The average molecular weight is 379 g/mol. The van der Waals surface area contributed by atoms with Crippen LogP contribution in [0.2, 0.25) is 0 Å². The van der Waals surface area contributed by atoms with Gasteiger partial charge in [0.2, 0.25) is 11.6 Å². The zero-order chi connectivity index (χ0) is 16.4. The first kappa shape index (κ1) is 16.2. The smallest absolute Gasteiger partial charge is 0.263 e. The molecule has 4 nitrogen and oxygen atoms in total. The number of pyridine rings is 1. The summed E-state index contributed by atoms with van der Waals surface area (Å²) in [7, 11) is 0.839. The summed E-state index contributed by atoms with van der Waals surface area (Å²) in [4.78, 5) is 15.6. The molecule has 0 aliphatic carbocycles. The summed E-state index contributed by atoms with van der Waals surface area (Å²) in [6, 6.07) is 2.83. The second kappa shape index (κ2) is 6.30. The molecule has 116 valence electrons. The van der Waals surface area contributed by atoms with Gasteiger partial charge < -0.3 is 10.1 Å². The SMILES string of the molecule is COc1c(F)c(F)c(C(=O)Nc2ccc(Br)cn2)c(F)c1F. The fourth-order valence-corrected chi connectivity index (χ4v) is 1.85. The Kier molecular flexibility index (Phi) is 4.65. The lowest BCUT2D eigenvalue weighted by atomic mass is 10.1. The molecule has 1 aromatic carbocycles. The predicted molar refractivity (Wildman–Crippen MR) is 72.7 cm³/mol. The summed E-state index contributed by atoms with van der Waals surface area (Å²) in [5.74, 6) is -9.98. The second-order valence-electron chi connectivity index (χ2n) is 3.98. The monoisotopic (exact) mass is 378 g/mol. The highest BCUT2D eigenvalue weighted by molar-refractivity contribution is 9.10. The third-order valence-corrected chi connectivity index (χ3v) is 3.09. The van der Waals surface area contributed by atoms with Crippen molar-refractivity contribution in [1.29, 1.82) is 0 Å². The minimum atomic E-state index is -1.86. The van der Waals surface area contributed by atoms with Gasteiger partial charge in [0.1, 0.15) is 11.4 Å². The predicted octanol–water partition coefficient (Wildman–Crippen LogP) is 3.66. The zero-order valence-corrected chi connectivity index (χ0v) is 12.5. The van der Waals surface area contributed by atoms with Crippen molar-refractivity contribution in [3.05, 3.63) is 51.6 Å². The molecule has 0 spiro atoms. The van der Waals surface area contributed by atoms with E-state index in [0.29, 0.717) is 4.47 Å². The topological polar surface area (TPSA) is 51.2 Å². The van der Waals surface area contributed by atoms with E-state index < -0.39 is 40.5 Å². The van der Waals surface area contributed by atoms with Crippen molar-refractivity contribution in [3.63, 3.8) is 0 Å². The Morgan fingerprint density at radius 2 is 1.73 bits per heavy atom. The first-order chi connectivity index (χ1) is 10.4. The van der Waals surface area contributed by atoms with Gasteiger partial charge in [-0.15, -0.1) is 0 Å². The minimum absolute atomic E-state index is 0.0522. The summed E-state index contributed by atoms with van der Waals surface area (Å²) < 4.78 is 59.4. The largest absolute Gasteiger partial charge is 0.491 e. The molecule has 1 heterocycles. The maximum absolute atomic E-state index is 13.8. The van der Waals surface area contributed by atoms with Crippen LogP contribution < -0.4 is 10.1 Å². The van der Waals surface area contributed by atoms with Crippen LogP contribution in [-0.2, 0) is 0 Å². The summed E-state index contributed by atoms with van der Waals surface area (Å²) in [5, 5.41) is 2.03. The summed E-state index contributed by atoms with van der Waals surface area (Å²) in [6.07, 6.45) is 1.32. The van der Waals surface area contributed by atoms with E-state index >= 15 is 0 Å². The third-order valence-electron chi connectivity index (χ3n) is 2.62. The van der Waals surface area contributed by atoms with Gasteiger partial charge in [-0.25, -0.2) is 13.8 Å². The molecule has 9 heteroatoms. The van der Waals surface area contributed by atoms with Gasteiger partial charge in [0.15, 0.2) is 17.4 Å². The number of halogens is 5. The van der Waals surface area contributed by atoms with Crippen LogP contribution in [0.25, 0.3) is 0 Å². The number of rotatable bonds is 3. The van der Waals surface area contributed by atoms with Crippen LogP contribution in [0.5, 0.6) is 5.75 Å². The number of nitrogens with one attached hydrogen (secondary N) is 1. The van der Waals surface area contributed by atoms with Crippen molar-refractivity contribution in [2.45, 2.75) is 0 Å². The van der Waals surface area contributed by atoms with Crippen molar-refractivity contribution in [2.75, 3.05) is 12.4 Å². The number of anilines is 1. The van der Waals surface area contributed by atoms with E-state index in [1.54, 1.807) is 0 Å². The molecular weight excluding hydrogens is 372 g/mol. The van der Waals surface area contributed by atoms with Crippen LogP contribution in [-0.4, -0.2) is 18.0 Å². The van der Waals surface area contributed by atoms with E-state index in [9.17, 15) is 22.4 Å². The lowest BCUT2D eigenvalue weighted by Crippen LogP contribution is -2.19. The number of nitrogens with zero attached hydrogens (tertiary/aromatic N) is 1. The maximum atomic E-state index is 13.8. The molecule has 2 rings (SSSR count). The van der Waals surface area contributed by atoms with E-state index in [2.05, 4.69) is 25.7 Å². The highest BCUT2D eigenvalue weighted by atomic mass is 79.9. The molecule has 1 N–H and O–H groups in total. The van der Waals surface area contributed by atoms with Gasteiger partial charge in [-0.05, 0) is 28.1 Å². The van der Waals surface area contributed by atoms with E-state index in [0.717, 1.165) is 7.11 Å². The molecule has 0 unspecified atom stereocenters. The van der Waals surface area contributed by atoms with Gasteiger partial charge in [-0.3, -0.25) is 4.79 Å². The molecule has 1 amide bonds. The van der Waals surface area contributed by atoms with E-state index in [-0.39, 0.29) is 5.82 Å². The highest BCUT2D eigenvalue weighted by Gasteiger charge is 2.30. The first-order valence-electron chi connectivity index (χ1n) is 5.69. The summed E-state index contributed by atoms with van der Waals surface area (Å²) in [6.45, 7) is 0. The van der Waals surface area contributed by atoms with Gasteiger partial charge in [0.25, 0.3) is 5.91 Å². The molecule has 0 saturated carbocycles. The van der Waals surface area contributed by atoms with Gasteiger partial charge in [-0.2, -0.15) is 8.78 Å². The minimum Gasteiger partial charge on any atom is -0.491 e. The number of hydrogen-bond donors (Lipinski definition) is 1. The normalized spacial score (nSPS) is 10.5. The van der Waals surface area contributed by atoms with Crippen molar-refractivity contribution in [3.8, 4) is 5.75 Å². The lowest BCUT2D eigenvalue weighted by molar-refractivity contribution is 0.101. The standard InChI is InChI=1S/C13H7BrF4N2O2/c1-22-12-10(17)8(15)7(9(16)11(12)18)13(21)20-6-3-2-5(14)4-19-6/h2-4H,1H3,(H,19,20,21). The number of hydrogen-bond acceptors (Lipinski definition) is 3. The molecule has 0 bridgehead atoms. The fraction of sp³-hybridized carbons (Fsp3) is 0.0769. The van der Waals surface area contributed by atoms with Gasteiger partial charge in [0.05, 0.1) is 7.11 Å². The molecule has 0 saturated heterocycles. The van der Waals surface area contributed by atoms with Crippen molar-refractivity contribution in [2.24, 2.45) is 0 Å². The van der Waals surface area contributed by atoms with Crippen LogP contribution in [0.4, 0.5) is 23.4 Å². The molecule has 0 fully saturated rings. The molecule has 0 atom stereocenters. The molecule has 2 aromatic rings. The van der Waals surface area contributed by atoms with Crippen molar-refractivity contribution in [1.82, 2.24) is 4.98 Å². The molecule has 0 aliphatic heterocycles. The van der Waals surface area contributed by atoms with Crippen LogP contribution in [0.1, 0.15) is 10.4 Å². The highest BCUT2D eigenvalue weighted by Crippen LogP contribution is 2.30. The number of methoxy groups -OCH3 is 1. The van der Waals surface area contributed by atoms with E-state index in [4.69, 9.17) is 0 Å². The number of aromatic nitrogens is 1. The first-order valence-corrected chi connectivity index (χ1v) is 6.49. The second-order valence-corrected chi connectivity index (χ2v) is 4.90. The molecule has 1 aromatic heterocycles. The third kappa shape index (κ3) is 2.89. The summed E-state index contributed by atoms with van der Waals surface area (Å²) in [5.41, 5.74) is -1.40. The van der Waals surface area contributed by atoms with Crippen LogP contribution in [0.3, 0.4) is 0 Å². The van der Waals surface area contributed by atoms with Gasteiger partial charge in [0, 0.05) is 10.7 Å². The van der Waals surface area contributed by atoms with E-state index in [1.807, 2.05) is 5.32 Å². The van der Waals surface area contributed by atoms with Crippen LogP contribution >= 0.6 is 15.9 Å². The Bertz CT molecular complexity index is 709. The fourth-order valence-electron chi connectivity index (χ4n) is 1.62. The van der Waals surface area contributed by atoms with Crippen molar-refractivity contribution >= 4 is 27.7 Å². The molecule has 0 aliphatic rings. The number of carbonyl (C=O) groups excluding carboxylic acids is 1. The Morgan fingerprint density at radius 1 is 1.14 bits per heavy atom. The van der Waals surface area contributed by atoms with Gasteiger partial charge in [-0.1, -0.05) is 0 Å². The Balaban J connectivity index is 2.44. The Morgan fingerprint density at radius 3 is 2.18 bits per heavy atom. The van der Waals surface area contributed by atoms with Crippen LogP contribution in [0.15, 0.2) is 22.8 Å². The Labute approximate surface area is 130 Å². The van der Waals surface area contributed by atoms with Crippen molar-refractivity contribution < 1.29 is 27.1 Å². The summed E-state index contributed by atoms with van der Waals surface area (Å²) >= 11 is 3.11. The maximum Gasteiger partial charge on any atom is 0.263 e. The lowest BCUT2D eigenvalue weighted by Gasteiger charge is -2.11. The number of ether oxygens (including phenoxy) is 1. The number of carbonyl (C=O) groups is 1. The molecule has 22 heavy (non-hydrogen) atoms. The molecule has 0 radical (unpaired) electrons. The van der Waals surface area contributed by atoms with E-state index in [1.165, 1.54) is 18.3 Å². The Hall–Kier alpha value is -2.16. The van der Waals surface area contributed by atoms with Crippen LogP contribution in [0, 0.1) is 23.3 Å². The average Bonchev–Trinajstić information content (AvgIpc) is 2.48. The van der Waals surface area contributed by atoms with Gasteiger partial charge >= 0.3 is 0 Å². The quantitative estimate of drug-likeness (QED) is 0.654. The number of amides is 1. The zero-order valence-electron chi connectivity index (χ0n) is 10.9. The number of benzene rings is 1.